The summed E-state index contributed by atoms with van der Waals surface area (Å²) in [6.07, 6.45) is -4.01. The monoisotopic (exact) mass is 289 g/mol. The molecule has 0 saturated heterocycles. The van der Waals surface area contributed by atoms with Gasteiger partial charge in [0, 0.05) is 0 Å². The van der Waals surface area contributed by atoms with Gasteiger partial charge in [-0.25, -0.2) is 0 Å². The Bertz CT molecular complexity index is 500. The van der Waals surface area contributed by atoms with E-state index in [-0.39, 0.29) is 12.3 Å². The van der Waals surface area contributed by atoms with Crippen LogP contribution in [0.1, 0.15) is 12.5 Å². The molecule has 0 aromatic heterocycles. The minimum Gasteiger partial charge on any atom is -0.506 e. The van der Waals surface area contributed by atoms with Crippen molar-refractivity contribution in [1.82, 2.24) is 0 Å². The van der Waals surface area contributed by atoms with Crippen LogP contribution >= 0.6 is 0 Å². The fourth-order valence-corrected chi connectivity index (χ4v) is 1.33. The maximum Gasteiger partial charge on any atom is 0.416 e. The van der Waals surface area contributed by atoms with E-state index in [0.717, 1.165) is 12.1 Å². The standard InChI is InChI=1S/C13H14F3NO3/c1-3-6-20-8(2)12(19)17-10-7-9(13(14,15)16)4-5-11(10)18/h3-5,7-8,18H,1,6H2,2H3,(H,17,19)/t8-/m0/s1. The Morgan fingerprint density at radius 2 is 2.20 bits per heavy atom. The number of phenols is 1. The smallest absolute Gasteiger partial charge is 0.416 e. The summed E-state index contributed by atoms with van der Waals surface area (Å²) in [7, 11) is 0. The van der Waals surface area contributed by atoms with Crippen LogP contribution < -0.4 is 5.32 Å². The number of rotatable bonds is 5. The van der Waals surface area contributed by atoms with E-state index in [9.17, 15) is 23.1 Å². The molecular weight excluding hydrogens is 275 g/mol. The maximum absolute atomic E-state index is 12.5. The molecule has 7 heteroatoms. The first-order chi connectivity index (χ1) is 9.25. The van der Waals surface area contributed by atoms with Crippen LogP contribution in [0.15, 0.2) is 30.9 Å². The lowest BCUT2D eigenvalue weighted by molar-refractivity contribution is -0.137. The van der Waals surface area contributed by atoms with Gasteiger partial charge in [-0.1, -0.05) is 6.08 Å². The molecule has 0 radical (unpaired) electrons. The molecule has 0 aliphatic heterocycles. The molecule has 0 heterocycles. The molecular formula is C13H14F3NO3. The number of anilines is 1. The van der Waals surface area contributed by atoms with E-state index in [1.54, 1.807) is 0 Å². The van der Waals surface area contributed by atoms with E-state index in [0.29, 0.717) is 6.07 Å². The summed E-state index contributed by atoms with van der Waals surface area (Å²) in [6, 6.07) is 2.25. The van der Waals surface area contributed by atoms with Gasteiger partial charge in [0.1, 0.15) is 11.9 Å². The highest BCUT2D eigenvalue weighted by molar-refractivity contribution is 5.95. The van der Waals surface area contributed by atoms with Gasteiger partial charge in [0.25, 0.3) is 5.91 Å². The SMILES string of the molecule is C=CCO[C@@H](C)C(=O)Nc1cc(C(F)(F)F)ccc1O. The van der Waals surface area contributed by atoms with E-state index in [4.69, 9.17) is 4.74 Å². The van der Waals surface area contributed by atoms with Crippen molar-refractivity contribution in [2.75, 3.05) is 11.9 Å². The lowest BCUT2D eigenvalue weighted by atomic mass is 10.1. The fourth-order valence-electron chi connectivity index (χ4n) is 1.33. The third-order valence-corrected chi connectivity index (χ3v) is 2.42. The second kappa shape index (κ2) is 6.42. The molecule has 0 spiro atoms. The molecule has 20 heavy (non-hydrogen) atoms. The lowest BCUT2D eigenvalue weighted by Crippen LogP contribution is -2.28. The molecule has 1 amide bonds. The molecule has 0 aliphatic rings. The Hall–Kier alpha value is -2.02. The average molecular weight is 289 g/mol. The summed E-state index contributed by atoms with van der Waals surface area (Å²) in [5.41, 5.74) is -1.29. The van der Waals surface area contributed by atoms with Gasteiger partial charge in [-0.15, -0.1) is 6.58 Å². The minimum atomic E-state index is -4.56. The number of phenolic OH excluding ortho intramolecular Hbond substituents is 1. The Morgan fingerprint density at radius 3 is 2.75 bits per heavy atom. The molecule has 1 rings (SSSR count). The van der Waals surface area contributed by atoms with Crippen LogP contribution in [0, 0.1) is 0 Å². The molecule has 0 bridgehead atoms. The zero-order chi connectivity index (χ0) is 15.3. The van der Waals surface area contributed by atoms with Crippen LogP contribution in [0.2, 0.25) is 0 Å². The fraction of sp³-hybridized carbons (Fsp3) is 0.308. The molecule has 0 fully saturated rings. The number of carbonyl (C=O) groups excluding carboxylic acids is 1. The first-order valence-corrected chi connectivity index (χ1v) is 5.69. The van der Waals surface area contributed by atoms with E-state index in [1.807, 2.05) is 0 Å². The van der Waals surface area contributed by atoms with Crippen molar-refractivity contribution in [2.45, 2.75) is 19.2 Å². The number of amides is 1. The number of carbonyl (C=O) groups is 1. The highest BCUT2D eigenvalue weighted by atomic mass is 19.4. The van der Waals surface area contributed by atoms with Gasteiger partial charge < -0.3 is 15.2 Å². The number of hydrogen-bond donors (Lipinski definition) is 2. The molecule has 0 saturated carbocycles. The number of aromatic hydroxyl groups is 1. The summed E-state index contributed by atoms with van der Waals surface area (Å²) >= 11 is 0. The predicted octanol–water partition coefficient (Wildman–Crippen LogP) is 2.94. The largest absolute Gasteiger partial charge is 0.506 e. The lowest BCUT2D eigenvalue weighted by Gasteiger charge is -2.14. The molecule has 4 nitrogen and oxygen atoms in total. The molecule has 0 unspecified atom stereocenters. The number of halogens is 3. The number of ether oxygens (including phenoxy) is 1. The maximum atomic E-state index is 12.5. The van der Waals surface area contributed by atoms with Gasteiger partial charge >= 0.3 is 6.18 Å². The Labute approximate surface area is 113 Å². The number of hydrogen-bond acceptors (Lipinski definition) is 3. The van der Waals surface area contributed by atoms with E-state index in [2.05, 4.69) is 11.9 Å². The summed E-state index contributed by atoms with van der Waals surface area (Å²) in [6.45, 7) is 4.97. The van der Waals surface area contributed by atoms with Gasteiger partial charge in [-0.3, -0.25) is 4.79 Å². The Morgan fingerprint density at radius 1 is 1.55 bits per heavy atom. The van der Waals surface area contributed by atoms with E-state index in [1.165, 1.54) is 13.0 Å². The zero-order valence-corrected chi connectivity index (χ0v) is 10.7. The Kier molecular flexibility index (Phi) is 5.15. The van der Waals surface area contributed by atoms with Crippen molar-refractivity contribution in [3.63, 3.8) is 0 Å². The van der Waals surface area contributed by atoms with Crippen molar-refractivity contribution in [3.8, 4) is 5.75 Å². The number of benzene rings is 1. The van der Waals surface area contributed by atoms with Crippen LogP contribution in [0.25, 0.3) is 0 Å². The van der Waals surface area contributed by atoms with Gasteiger partial charge in [-0.05, 0) is 25.1 Å². The van der Waals surface area contributed by atoms with Crippen molar-refractivity contribution >= 4 is 11.6 Å². The second-order valence-electron chi connectivity index (χ2n) is 3.98. The first-order valence-electron chi connectivity index (χ1n) is 5.69. The highest BCUT2D eigenvalue weighted by Gasteiger charge is 2.31. The van der Waals surface area contributed by atoms with Crippen molar-refractivity contribution in [1.29, 1.82) is 0 Å². The van der Waals surface area contributed by atoms with E-state index < -0.39 is 29.5 Å². The molecule has 1 atom stereocenters. The molecule has 0 aliphatic carbocycles. The molecule has 1 aromatic rings. The van der Waals surface area contributed by atoms with Crippen LogP contribution in [-0.2, 0) is 15.7 Å². The normalized spacial score (nSPS) is 12.8. The highest BCUT2D eigenvalue weighted by Crippen LogP contribution is 2.34. The third-order valence-electron chi connectivity index (χ3n) is 2.42. The molecule has 2 N–H and O–H groups in total. The minimum absolute atomic E-state index is 0.128. The van der Waals surface area contributed by atoms with Crippen LogP contribution in [-0.4, -0.2) is 23.7 Å². The summed E-state index contributed by atoms with van der Waals surface area (Å²) < 4.78 is 42.6. The number of nitrogens with one attached hydrogen (secondary N) is 1. The summed E-state index contributed by atoms with van der Waals surface area (Å²) in [4.78, 5) is 11.7. The second-order valence-corrected chi connectivity index (χ2v) is 3.98. The quantitative estimate of drug-likeness (QED) is 0.647. The first kappa shape index (κ1) is 16.0. The summed E-state index contributed by atoms with van der Waals surface area (Å²) in [5.74, 6) is -1.12. The topological polar surface area (TPSA) is 58.6 Å². The number of alkyl halides is 3. The van der Waals surface area contributed by atoms with Crippen LogP contribution in [0.5, 0.6) is 5.75 Å². The third kappa shape index (κ3) is 4.27. The van der Waals surface area contributed by atoms with Crippen molar-refractivity contribution in [2.24, 2.45) is 0 Å². The molecule has 110 valence electrons. The average Bonchev–Trinajstić information content (AvgIpc) is 2.37. The van der Waals surface area contributed by atoms with Crippen molar-refractivity contribution in [3.05, 3.63) is 36.4 Å². The van der Waals surface area contributed by atoms with Crippen molar-refractivity contribution < 1.29 is 27.8 Å². The zero-order valence-electron chi connectivity index (χ0n) is 10.7. The van der Waals surface area contributed by atoms with Gasteiger partial charge in [0.15, 0.2) is 0 Å². The van der Waals surface area contributed by atoms with Crippen LogP contribution in [0.4, 0.5) is 18.9 Å². The van der Waals surface area contributed by atoms with E-state index >= 15 is 0 Å². The van der Waals surface area contributed by atoms with Gasteiger partial charge in [-0.2, -0.15) is 13.2 Å². The summed E-state index contributed by atoms with van der Waals surface area (Å²) in [5, 5.41) is 11.7. The van der Waals surface area contributed by atoms with Crippen LogP contribution in [0.3, 0.4) is 0 Å². The Balaban J connectivity index is 2.86. The van der Waals surface area contributed by atoms with Gasteiger partial charge in [0.05, 0.1) is 17.9 Å². The van der Waals surface area contributed by atoms with Gasteiger partial charge in [0.2, 0.25) is 0 Å². The predicted molar refractivity (Wildman–Crippen MR) is 67.3 cm³/mol. The molecule has 1 aromatic carbocycles.